The Balaban J connectivity index is 1.69. The first-order chi connectivity index (χ1) is 19.1. The van der Waals surface area contributed by atoms with Crippen molar-refractivity contribution in [1.29, 1.82) is 0 Å². The van der Waals surface area contributed by atoms with Crippen molar-refractivity contribution in [3.05, 3.63) is 70.9 Å². The molecule has 1 atom stereocenters. The Bertz CT molecular complexity index is 1460. The number of carbonyl (C=O) groups excluding carboxylic acids is 2. The van der Waals surface area contributed by atoms with Crippen molar-refractivity contribution in [2.24, 2.45) is 5.41 Å². The molecular weight excluding hydrogens is 585 g/mol. The second kappa shape index (κ2) is 13.5. The summed E-state index contributed by atoms with van der Waals surface area (Å²) in [4.78, 5) is 49.1. The zero-order chi connectivity index (χ0) is 30.4. The van der Waals surface area contributed by atoms with Crippen LogP contribution in [0.2, 0.25) is 5.02 Å². The van der Waals surface area contributed by atoms with Crippen LogP contribution >= 0.6 is 19.4 Å². The van der Waals surface area contributed by atoms with Crippen LogP contribution in [0, 0.1) is 17.0 Å². The topological polar surface area (TPSA) is 150 Å². The number of aromatic nitrogens is 1. The van der Waals surface area contributed by atoms with Crippen LogP contribution in [0.4, 0.5) is 24.2 Å². The predicted octanol–water partition coefficient (Wildman–Crippen LogP) is 5.45. The number of phosphoric ester groups is 1. The number of hydrogen-bond donors (Lipinski definition) is 4. The summed E-state index contributed by atoms with van der Waals surface area (Å²) in [6.45, 7) is 2.55. The van der Waals surface area contributed by atoms with Crippen molar-refractivity contribution in [3.8, 4) is 0 Å². The second-order valence-corrected chi connectivity index (χ2v) is 11.7. The van der Waals surface area contributed by atoms with Gasteiger partial charge in [0.2, 0.25) is 0 Å². The first-order valence-corrected chi connectivity index (χ1v) is 14.2. The van der Waals surface area contributed by atoms with E-state index in [1.807, 2.05) is 0 Å². The van der Waals surface area contributed by atoms with Gasteiger partial charge in [-0.3, -0.25) is 9.84 Å². The maximum Gasteiger partial charge on any atom is 0.469 e. The van der Waals surface area contributed by atoms with E-state index >= 15 is 0 Å². The minimum Gasteiger partial charge on any atom is -0.447 e. The monoisotopic (exact) mass is 614 g/mol. The summed E-state index contributed by atoms with van der Waals surface area (Å²) in [7, 11) is -3.32. The highest BCUT2D eigenvalue weighted by atomic mass is 35.5. The van der Waals surface area contributed by atoms with E-state index in [2.05, 4.69) is 20.1 Å². The van der Waals surface area contributed by atoms with E-state index in [4.69, 9.17) is 26.1 Å². The van der Waals surface area contributed by atoms with Crippen LogP contribution in [-0.2, 0) is 20.4 Å². The van der Waals surface area contributed by atoms with Gasteiger partial charge in [-0.05, 0) is 53.1 Å². The summed E-state index contributed by atoms with van der Waals surface area (Å²) in [5, 5.41) is 6.11. The lowest BCUT2D eigenvalue weighted by molar-refractivity contribution is 0.0697. The Kier molecular flexibility index (Phi) is 10.6. The van der Waals surface area contributed by atoms with Crippen LogP contribution in [-0.4, -0.2) is 58.1 Å². The number of ether oxygens (including phenoxy) is 1. The maximum absolute atomic E-state index is 13.8. The molecule has 0 unspecified atom stereocenters. The highest BCUT2D eigenvalue weighted by Gasteiger charge is 2.32. The van der Waals surface area contributed by atoms with E-state index in [0.29, 0.717) is 16.3 Å². The Morgan fingerprint density at radius 1 is 1.17 bits per heavy atom. The number of likely N-dealkylation sites (N-methyl/N-ethyl adjacent to an activating group) is 1. The number of fused-ring (bicyclic) bond motifs is 1. The lowest BCUT2D eigenvalue weighted by atomic mass is 9.86. The smallest absolute Gasteiger partial charge is 0.447 e. The van der Waals surface area contributed by atoms with Crippen LogP contribution in [0.5, 0.6) is 0 Å². The third kappa shape index (κ3) is 9.91. The predicted molar refractivity (Wildman–Crippen MR) is 148 cm³/mol. The molecule has 0 aliphatic heterocycles. The minimum atomic E-state index is -4.75. The van der Waals surface area contributed by atoms with E-state index in [0.717, 1.165) is 0 Å². The molecule has 0 aliphatic rings. The summed E-state index contributed by atoms with van der Waals surface area (Å²) in [6, 6.07) is 8.38. The molecule has 3 aromatic rings. The Morgan fingerprint density at radius 3 is 2.61 bits per heavy atom. The zero-order valence-electron chi connectivity index (χ0n) is 22.4. The molecule has 2 aromatic carbocycles. The summed E-state index contributed by atoms with van der Waals surface area (Å²) < 4.78 is 48.6. The SMILES string of the molecule is CN(C(=O)NCc1cccc(F)c1Cl)[C@@H](COC(=O)Nc1cc2cc(F)ccc2cn1)CC(C)(C)COP(=O)(O)O. The Hall–Kier alpha value is -3.35. The Morgan fingerprint density at radius 2 is 1.90 bits per heavy atom. The summed E-state index contributed by atoms with van der Waals surface area (Å²) in [6.07, 6.45) is 0.654. The molecule has 1 aromatic heterocycles. The fourth-order valence-electron chi connectivity index (χ4n) is 3.90. The van der Waals surface area contributed by atoms with Crippen molar-refractivity contribution in [2.75, 3.05) is 25.6 Å². The number of hydrogen-bond acceptors (Lipinski definition) is 6. The van der Waals surface area contributed by atoms with Crippen molar-refractivity contribution in [1.82, 2.24) is 15.2 Å². The third-order valence-corrected chi connectivity index (χ3v) is 6.95. The van der Waals surface area contributed by atoms with Gasteiger partial charge in [0, 0.05) is 25.2 Å². The summed E-state index contributed by atoms with van der Waals surface area (Å²) >= 11 is 5.96. The van der Waals surface area contributed by atoms with Crippen LogP contribution in [0.1, 0.15) is 25.8 Å². The molecule has 15 heteroatoms. The number of halogens is 3. The van der Waals surface area contributed by atoms with Crippen molar-refractivity contribution < 1.29 is 42.0 Å². The molecule has 3 rings (SSSR count). The number of nitrogens with zero attached hydrogens (tertiary/aromatic N) is 2. The Labute approximate surface area is 240 Å². The fraction of sp³-hybridized carbons (Fsp3) is 0.346. The lowest BCUT2D eigenvalue weighted by Crippen LogP contribution is -2.48. The molecule has 0 aliphatic carbocycles. The maximum atomic E-state index is 13.8. The number of phosphoric acid groups is 1. The lowest BCUT2D eigenvalue weighted by Gasteiger charge is -2.34. The number of nitrogens with one attached hydrogen (secondary N) is 2. The largest absolute Gasteiger partial charge is 0.469 e. The number of benzene rings is 2. The molecule has 0 radical (unpaired) electrons. The number of anilines is 1. The number of carbonyl (C=O) groups is 2. The van der Waals surface area contributed by atoms with E-state index in [1.54, 1.807) is 26.0 Å². The molecule has 0 spiro atoms. The van der Waals surface area contributed by atoms with Crippen LogP contribution in [0.15, 0.2) is 48.7 Å². The van der Waals surface area contributed by atoms with Gasteiger partial charge < -0.3 is 24.7 Å². The van der Waals surface area contributed by atoms with E-state index < -0.39 is 43.0 Å². The third-order valence-electron chi connectivity index (χ3n) is 6.06. The summed E-state index contributed by atoms with van der Waals surface area (Å²) in [5.74, 6) is -0.980. The molecular formula is C26H30ClF2N4O7P. The molecule has 3 amide bonds. The standard InChI is InChI=1S/C26H30ClF2N4O7P/c1-26(2,15-40-41(36,37)38)11-20(33(3)24(34)31-13-17-5-4-6-21(29)23(17)27)14-39-25(35)32-22-10-18-9-19(28)8-7-16(18)12-30-22/h4-10,12,20H,11,13-15H2,1-3H3,(H,31,34)(H,30,32,35)(H2,36,37,38)/t20-/m1/s1. The van der Waals surface area contributed by atoms with Crippen LogP contribution in [0.25, 0.3) is 10.8 Å². The van der Waals surface area contributed by atoms with Gasteiger partial charge in [-0.1, -0.05) is 37.6 Å². The average Bonchev–Trinajstić information content (AvgIpc) is 2.89. The molecule has 0 saturated carbocycles. The quantitative estimate of drug-likeness (QED) is 0.208. The molecule has 4 N–H and O–H groups in total. The molecule has 222 valence electrons. The van der Waals surface area contributed by atoms with Crippen molar-refractivity contribution in [3.63, 3.8) is 0 Å². The van der Waals surface area contributed by atoms with Crippen molar-refractivity contribution >= 4 is 48.1 Å². The molecule has 0 fully saturated rings. The summed E-state index contributed by atoms with van der Waals surface area (Å²) in [5.41, 5.74) is -0.533. The van der Waals surface area contributed by atoms with Gasteiger partial charge in [0.1, 0.15) is 24.1 Å². The number of pyridine rings is 1. The molecule has 11 nitrogen and oxygen atoms in total. The van der Waals surface area contributed by atoms with Gasteiger partial charge in [-0.15, -0.1) is 0 Å². The highest BCUT2D eigenvalue weighted by molar-refractivity contribution is 7.46. The number of urea groups is 1. The van der Waals surface area contributed by atoms with Gasteiger partial charge in [0.15, 0.2) is 0 Å². The zero-order valence-corrected chi connectivity index (χ0v) is 24.1. The van der Waals surface area contributed by atoms with Crippen LogP contribution < -0.4 is 10.6 Å². The van der Waals surface area contributed by atoms with E-state index in [9.17, 15) is 22.9 Å². The van der Waals surface area contributed by atoms with Gasteiger partial charge in [0.05, 0.1) is 17.7 Å². The van der Waals surface area contributed by atoms with Gasteiger partial charge >= 0.3 is 19.9 Å². The number of amides is 3. The van der Waals surface area contributed by atoms with E-state index in [-0.39, 0.29) is 37.0 Å². The average molecular weight is 615 g/mol. The molecule has 1 heterocycles. The number of rotatable bonds is 11. The molecule has 41 heavy (non-hydrogen) atoms. The van der Waals surface area contributed by atoms with Crippen molar-refractivity contribution in [2.45, 2.75) is 32.9 Å². The van der Waals surface area contributed by atoms with Gasteiger partial charge in [0.25, 0.3) is 0 Å². The molecule has 0 saturated heterocycles. The fourth-order valence-corrected chi connectivity index (χ4v) is 4.61. The van der Waals surface area contributed by atoms with Crippen LogP contribution in [0.3, 0.4) is 0 Å². The second-order valence-electron chi connectivity index (χ2n) is 10.1. The normalized spacial score (nSPS) is 12.6. The van der Waals surface area contributed by atoms with E-state index in [1.165, 1.54) is 48.5 Å². The van der Waals surface area contributed by atoms with Gasteiger partial charge in [-0.2, -0.15) is 0 Å². The molecule has 0 bridgehead atoms. The first-order valence-electron chi connectivity index (χ1n) is 12.3. The minimum absolute atomic E-state index is 0.0905. The van der Waals surface area contributed by atoms with Gasteiger partial charge in [-0.25, -0.2) is 27.9 Å². The first kappa shape index (κ1) is 32.2. The highest BCUT2D eigenvalue weighted by Crippen LogP contribution is 2.39.